The van der Waals surface area contributed by atoms with Crippen molar-refractivity contribution in [1.29, 1.82) is 0 Å². The molecule has 1 aliphatic heterocycles. The zero-order valence-corrected chi connectivity index (χ0v) is 7.15. The molecular weight excluding hydrogens is 172 g/mol. The number of aromatic hydroxyl groups is 1. The van der Waals surface area contributed by atoms with Gasteiger partial charge in [-0.25, -0.2) is 0 Å². The van der Waals surface area contributed by atoms with Crippen LogP contribution in [0.25, 0.3) is 0 Å². The van der Waals surface area contributed by atoms with Crippen molar-refractivity contribution in [3.8, 4) is 17.2 Å². The highest BCUT2D eigenvalue weighted by atomic mass is 16.5. The first kappa shape index (κ1) is 8.19. The Labute approximate surface area is 75.3 Å². The summed E-state index contributed by atoms with van der Waals surface area (Å²) in [5.74, 6) is 0.875. The standard InChI is InChI=1S/C9H10O4/c1-12-5-2-6-8(11)4-13-9(6)7(10)3-5/h2-3,8,10-11H,4H2,1H3. The van der Waals surface area contributed by atoms with Gasteiger partial charge in [0.2, 0.25) is 0 Å². The minimum absolute atomic E-state index is 0.00546. The lowest BCUT2D eigenvalue weighted by Crippen LogP contribution is -1.97. The normalized spacial score (nSPS) is 19.4. The van der Waals surface area contributed by atoms with Gasteiger partial charge in [0.25, 0.3) is 0 Å². The van der Waals surface area contributed by atoms with Gasteiger partial charge < -0.3 is 19.7 Å². The van der Waals surface area contributed by atoms with Crippen molar-refractivity contribution >= 4 is 0 Å². The molecule has 0 spiro atoms. The molecule has 4 heteroatoms. The second-order valence-electron chi connectivity index (χ2n) is 2.89. The highest BCUT2D eigenvalue weighted by Crippen LogP contribution is 2.42. The van der Waals surface area contributed by atoms with Gasteiger partial charge in [0.05, 0.1) is 7.11 Å². The molecule has 2 rings (SSSR count). The van der Waals surface area contributed by atoms with Crippen LogP contribution in [0.4, 0.5) is 0 Å². The maximum absolute atomic E-state index is 9.44. The first-order chi connectivity index (χ1) is 6.22. The van der Waals surface area contributed by atoms with Crippen LogP contribution >= 0.6 is 0 Å². The van der Waals surface area contributed by atoms with E-state index in [1.165, 1.54) is 13.2 Å². The second kappa shape index (κ2) is 2.81. The molecule has 1 heterocycles. The SMILES string of the molecule is COc1cc(O)c2c(c1)C(O)CO2. The molecule has 0 saturated carbocycles. The molecule has 0 aliphatic carbocycles. The Kier molecular flexibility index (Phi) is 1.77. The lowest BCUT2D eigenvalue weighted by molar-refractivity contribution is 0.139. The number of hydrogen-bond donors (Lipinski definition) is 2. The molecule has 1 aromatic carbocycles. The number of fused-ring (bicyclic) bond motifs is 1. The molecule has 1 atom stereocenters. The smallest absolute Gasteiger partial charge is 0.167 e. The van der Waals surface area contributed by atoms with Gasteiger partial charge in [-0.15, -0.1) is 0 Å². The summed E-state index contributed by atoms with van der Waals surface area (Å²) in [6, 6.07) is 3.11. The highest BCUT2D eigenvalue weighted by molar-refractivity contribution is 5.53. The number of methoxy groups -OCH3 is 1. The van der Waals surface area contributed by atoms with E-state index in [9.17, 15) is 10.2 Å². The van der Waals surface area contributed by atoms with Crippen LogP contribution in [-0.2, 0) is 0 Å². The van der Waals surface area contributed by atoms with E-state index in [1.807, 2.05) is 0 Å². The summed E-state index contributed by atoms with van der Waals surface area (Å²) >= 11 is 0. The van der Waals surface area contributed by atoms with Crippen molar-refractivity contribution in [2.75, 3.05) is 13.7 Å². The number of ether oxygens (including phenoxy) is 2. The maximum atomic E-state index is 9.44. The van der Waals surface area contributed by atoms with Crippen molar-refractivity contribution in [3.63, 3.8) is 0 Å². The summed E-state index contributed by atoms with van der Waals surface area (Å²) in [5.41, 5.74) is 0.580. The summed E-state index contributed by atoms with van der Waals surface area (Å²) in [6.45, 7) is 0.191. The molecule has 0 amide bonds. The van der Waals surface area contributed by atoms with Gasteiger partial charge in [-0.2, -0.15) is 0 Å². The van der Waals surface area contributed by atoms with Crippen LogP contribution in [0.5, 0.6) is 17.2 Å². The van der Waals surface area contributed by atoms with Crippen LogP contribution in [-0.4, -0.2) is 23.9 Å². The third-order valence-corrected chi connectivity index (χ3v) is 2.05. The molecule has 13 heavy (non-hydrogen) atoms. The summed E-state index contributed by atoms with van der Waals surface area (Å²) in [6.07, 6.45) is -0.670. The molecule has 4 nitrogen and oxygen atoms in total. The summed E-state index contributed by atoms with van der Waals surface area (Å²) in [4.78, 5) is 0. The van der Waals surface area contributed by atoms with E-state index in [1.54, 1.807) is 6.07 Å². The van der Waals surface area contributed by atoms with E-state index in [0.717, 1.165) is 0 Å². The van der Waals surface area contributed by atoms with E-state index < -0.39 is 6.10 Å². The number of phenolic OH excluding ortho intramolecular Hbond substituents is 1. The van der Waals surface area contributed by atoms with Crippen molar-refractivity contribution in [1.82, 2.24) is 0 Å². The topological polar surface area (TPSA) is 58.9 Å². The molecule has 70 valence electrons. The lowest BCUT2D eigenvalue weighted by atomic mass is 10.1. The summed E-state index contributed by atoms with van der Waals surface area (Å²) in [7, 11) is 1.50. The minimum Gasteiger partial charge on any atom is -0.504 e. The van der Waals surface area contributed by atoms with Gasteiger partial charge in [-0.3, -0.25) is 0 Å². The minimum atomic E-state index is -0.670. The predicted molar refractivity (Wildman–Crippen MR) is 45.1 cm³/mol. The third kappa shape index (κ3) is 1.19. The largest absolute Gasteiger partial charge is 0.504 e. The molecule has 0 radical (unpaired) electrons. The molecule has 1 aliphatic rings. The zero-order chi connectivity index (χ0) is 9.42. The van der Waals surface area contributed by atoms with Crippen molar-refractivity contribution in [2.24, 2.45) is 0 Å². The van der Waals surface area contributed by atoms with E-state index >= 15 is 0 Å². The molecule has 1 aromatic rings. The Morgan fingerprint density at radius 2 is 2.31 bits per heavy atom. The van der Waals surface area contributed by atoms with Crippen LogP contribution in [0, 0.1) is 0 Å². The fraction of sp³-hybridized carbons (Fsp3) is 0.333. The number of aliphatic hydroxyl groups excluding tert-OH is 1. The zero-order valence-electron chi connectivity index (χ0n) is 7.15. The summed E-state index contributed by atoms with van der Waals surface area (Å²) < 4.78 is 10.0. The number of benzene rings is 1. The van der Waals surface area contributed by atoms with Gasteiger partial charge >= 0.3 is 0 Å². The second-order valence-corrected chi connectivity index (χ2v) is 2.89. The first-order valence-corrected chi connectivity index (χ1v) is 3.94. The number of phenols is 1. The number of hydrogen-bond acceptors (Lipinski definition) is 4. The lowest BCUT2D eigenvalue weighted by Gasteiger charge is -2.05. The molecule has 0 bridgehead atoms. The molecular formula is C9H10O4. The molecule has 0 fully saturated rings. The predicted octanol–water partition coefficient (Wildman–Crippen LogP) is 0.827. The van der Waals surface area contributed by atoms with E-state index in [4.69, 9.17) is 9.47 Å². The van der Waals surface area contributed by atoms with Gasteiger partial charge in [-0.1, -0.05) is 0 Å². The third-order valence-electron chi connectivity index (χ3n) is 2.05. The Bertz CT molecular complexity index is 335. The van der Waals surface area contributed by atoms with Crippen LogP contribution in [0.2, 0.25) is 0 Å². The van der Waals surface area contributed by atoms with E-state index in [2.05, 4.69) is 0 Å². The Balaban J connectivity index is 2.53. The highest BCUT2D eigenvalue weighted by Gasteiger charge is 2.25. The Morgan fingerprint density at radius 1 is 1.54 bits per heavy atom. The summed E-state index contributed by atoms with van der Waals surface area (Å²) in [5, 5.41) is 18.9. The van der Waals surface area contributed by atoms with Crippen molar-refractivity contribution in [3.05, 3.63) is 17.7 Å². The number of aliphatic hydroxyl groups is 1. The van der Waals surface area contributed by atoms with Gasteiger partial charge in [0.1, 0.15) is 18.5 Å². The quantitative estimate of drug-likeness (QED) is 0.675. The first-order valence-electron chi connectivity index (χ1n) is 3.94. The van der Waals surface area contributed by atoms with E-state index in [0.29, 0.717) is 17.1 Å². The fourth-order valence-corrected chi connectivity index (χ4v) is 1.38. The average molecular weight is 182 g/mol. The van der Waals surface area contributed by atoms with Crippen LogP contribution < -0.4 is 9.47 Å². The van der Waals surface area contributed by atoms with Crippen LogP contribution in [0.3, 0.4) is 0 Å². The monoisotopic (exact) mass is 182 g/mol. The molecule has 0 aromatic heterocycles. The maximum Gasteiger partial charge on any atom is 0.167 e. The van der Waals surface area contributed by atoms with Crippen LogP contribution in [0.15, 0.2) is 12.1 Å². The Morgan fingerprint density at radius 3 is 3.00 bits per heavy atom. The fourth-order valence-electron chi connectivity index (χ4n) is 1.38. The van der Waals surface area contributed by atoms with Gasteiger partial charge in [-0.05, 0) is 6.07 Å². The van der Waals surface area contributed by atoms with E-state index in [-0.39, 0.29) is 12.4 Å². The van der Waals surface area contributed by atoms with Crippen molar-refractivity contribution in [2.45, 2.75) is 6.10 Å². The van der Waals surface area contributed by atoms with Gasteiger partial charge in [0, 0.05) is 11.6 Å². The average Bonchev–Trinajstić information content (AvgIpc) is 2.48. The van der Waals surface area contributed by atoms with Gasteiger partial charge in [0.15, 0.2) is 11.5 Å². The number of rotatable bonds is 1. The molecule has 2 N–H and O–H groups in total. The Hall–Kier alpha value is -1.42. The molecule has 1 unspecified atom stereocenters. The van der Waals surface area contributed by atoms with Crippen molar-refractivity contribution < 1.29 is 19.7 Å². The molecule has 0 saturated heterocycles. The van der Waals surface area contributed by atoms with Crippen LogP contribution in [0.1, 0.15) is 11.7 Å².